The van der Waals surface area contributed by atoms with Crippen LogP contribution in [0.3, 0.4) is 0 Å². The number of hydrogen-bond acceptors (Lipinski definition) is 3. The van der Waals surface area contributed by atoms with E-state index in [9.17, 15) is 13.4 Å². The van der Waals surface area contributed by atoms with Crippen molar-refractivity contribution >= 4 is 13.3 Å². The first-order valence-corrected chi connectivity index (χ1v) is 6.62. The molecule has 0 radical (unpaired) electrons. The highest BCUT2D eigenvalue weighted by Crippen LogP contribution is 2.28. The molecule has 1 aromatic carbocycles. The van der Waals surface area contributed by atoms with E-state index in [-0.39, 0.29) is 11.7 Å². The van der Waals surface area contributed by atoms with Crippen LogP contribution in [0.1, 0.15) is 48.2 Å². The molecule has 6 heteroatoms. The lowest BCUT2D eigenvalue weighted by atomic mass is 9.93. The molecule has 0 fully saturated rings. The van der Waals surface area contributed by atoms with Crippen molar-refractivity contribution in [3.8, 4) is 5.75 Å². The van der Waals surface area contributed by atoms with Crippen LogP contribution in [0.2, 0.25) is 0 Å². The quantitative estimate of drug-likeness (QED) is 0.342. The summed E-state index contributed by atoms with van der Waals surface area (Å²) in [5.74, 6) is 0.100. The fraction of sp³-hybridized carbons (Fsp3) is 0.400. The van der Waals surface area contributed by atoms with Gasteiger partial charge >= 0.3 is 7.47 Å². The van der Waals surface area contributed by atoms with Gasteiger partial charge < -0.3 is 9.39 Å². The summed E-state index contributed by atoms with van der Waals surface area (Å²) in [7, 11) is -1.48. The zero-order valence-corrected chi connectivity index (χ0v) is 12.9. The van der Waals surface area contributed by atoms with Gasteiger partial charge in [0.05, 0.1) is 18.4 Å². The summed E-state index contributed by atoms with van der Waals surface area (Å²) in [5, 5.41) is 0. The molecule has 0 unspecified atom stereocenters. The Bertz CT molecular complexity index is 554. The largest absolute Gasteiger partial charge is 0.796 e. The Morgan fingerprint density at radius 1 is 1.33 bits per heavy atom. The van der Waals surface area contributed by atoms with E-state index in [1.807, 2.05) is 20.8 Å². The Balaban J connectivity index is 3.22. The lowest BCUT2D eigenvalue weighted by Crippen LogP contribution is -2.07. The van der Waals surface area contributed by atoms with Gasteiger partial charge in [0, 0.05) is 6.08 Å². The lowest BCUT2D eigenvalue weighted by molar-refractivity contribution is 0.104. The van der Waals surface area contributed by atoms with E-state index in [4.69, 9.17) is 4.74 Å². The van der Waals surface area contributed by atoms with E-state index >= 15 is 0 Å². The first-order valence-electron chi connectivity index (χ1n) is 6.62. The second kappa shape index (κ2) is 7.25. The molecule has 114 valence electrons. The third-order valence-electron chi connectivity index (χ3n) is 3.08. The average Bonchev–Trinajstić information content (AvgIpc) is 2.36. The Labute approximate surface area is 124 Å². The minimum Gasteiger partial charge on any atom is -0.509 e. The Kier molecular flexibility index (Phi) is 5.94. The molecule has 0 aliphatic heterocycles. The van der Waals surface area contributed by atoms with Crippen molar-refractivity contribution in [2.45, 2.75) is 33.6 Å². The van der Waals surface area contributed by atoms with Gasteiger partial charge in [-0.3, -0.25) is 4.79 Å². The number of ketones is 1. The molecule has 1 aromatic rings. The zero-order chi connectivity index (χ0) is 16.2. The topological polar surface area (TPSA) is 35.5 Å². The maximum atomic E-state index is 12.2. The van der Waals surface area contributed by atoms with Gasteiger partial charge in [-0.2, -0.15) is 0 Å². The third-order valence-corrected chi connectivity index (χ3v) is 3.08. The van der Waals surface area contributed by atoms with Crippen LogP contribution in [-0.2, 0) is 4.65 Å². The summed E-state index contributed by atoms with van der Waals surface area (Å²) in [4.78, 5) is 12.2. The highest BCUT2D eigenvalue weighted by Gasteiger charge is 2.19. The summed E-state index contributed by atoms with van der Waals surface area (Å²) in [6, 6.07) is 3.52. The molecule has 0 aromatic heterocycles. The maximum Gasteiger partial charge on any atom is 0.796 e. The second-order valence-corrected chi connectivity index (χ2v) is 5.06. The number of allylic oxidation sites excluding steroid dienone is 2. The summed E-state index contributed by atoms with van der Waals surface area (Å²) >= 11 is 0. The van der Waals surface area contributed by atoms with Crippen molar-refractivity contribution in [3.05, 3.63) is 40.7 Å². The van der Waals surface area contributed by atoms with Crippen LogP contribution in [0, 0.1) is 6.92 Å². The van der Waals surface area contributed by atoms with E-state index in [1.54, 1.807) is 12.1 Å². The minimum atomic E-state index is -2.94. The number of rotatable bonds is 6. The first-order chi connectivity index (χ1) is 9.76. The highest BCUT2D eigenvalue weighted by atomic mass is 19.2. The maximum absolute atomic E-state index is 12.2. The minimum absolute atomic E-state index is 0.135. The predicted molar refractivity (Wildman–Crippen MR) is 79.0 cm³/mol. The highest BCUT2D eigenvalue weighted by molar-refractivity contribution is 6.34. The van der Waals surface area contributed by atoms with E-state index in [1.165, 1.54) is 14.0 Å². The molecule has 0 aliphatic carbocycles. The summed E-state index contributed by atoms with van der Waals surface area (Å²) in [5.41, 5.74) is 2.37. The van der Waals surface area contributed by atoms with Crippen molar-refractivity contribution in [1.82, 2.24) is 0 Å². The molecule has 0 spiro atoms. The first kappa shape index (κ1) is 17.2. The van der Waals surface area contributed by atoms with Gasteiger partial charge in [0.2, 0.25) is 0 Å². The van der Waals surface area contributed by atoms with Crippen LogP contribution in [0.25, 0.3) is 0 Å². The monoisotopic (exact) mass is 296 g/mol. The van der Waals surface area contributed by atoms with Crippen LogP contribution >= 0.6 is 0 Å². The predicted octanol–water partition coefficient (Wildman–Crippen LogP) is 4.15. The van der Waals surface area contributed by atoms with Gasteiger partial charge in [0.1, 0.15) is 5.75 Å². The zero-order valence-electron chi connectivity index (χ0n) is 12.9. The Morgan fingerprint density at radius 3 is 2.43 bits per heavy atom. The molecule has 0 atom stereocenters. The SMILES string of the molecule is COc1cc(C)c(C(C)C)cc1C(=O)/C=C(/C)OB(F)F. The summed E-state index contributed by atoms with van der Waals surface area (Å²) < 4.78 is 33.6. The molecular formula is C15H19BF2O3. The molecule has 0 bridgehead atoms. The molecule has 0 heterocycles. The van der Waals surface area contributed by atoms with Gasteiger partial charge in [0.25, 0.3) is 0 Å². The molecular weight excluding hydrogens is 277 g/mol. The molecule has 0 saturated carbocycles. The van der Waals surface area contributed by atoms with Crippen molar-refractivity contribution in [1.29, 1.82) is 0 Å². The number of methoxy groups -OCH3 is 1. The number of carbonyl (C=O) groups is 1. The van der Waals surface area contributed by atoms with Crippen molar-refractivity contribution in [2.24, 2.45) is 0 Å². The molecule has 0 aliphatic rings. The third kappa shape index (κ3) is 4.58. The van der Waals surface area contributed by atoms with E-state index in [2.05, 4.69) is 4.65 Å². The number of hydrogen-bond donors (Lipinski definition) is 0. The van der Waals surface area contributed by atoms with Crippen molar-refractivity contribution < 1.29 is 22.8 Å². The van der Waals surface area contributed by atoms with Crippen LogP contribution in [0.15, 0.2) is 24.0 Å². The van der Waals surface area contributed by atoms with Crippen molar-refractivity contribution in [2.75, 3.05) is 7.11 Å². The van der Waals surface area contributed by atoms with Gasteiger partial charge in [-0.1, -0.05) is 13.8 Å². The molecule has 21 heavy (non-hydrogen) atoms. The van der Waals surface area contributed by atoms with Gasteiger partial charge in [0.15, 0.2) is 5.78 Å². The van der Waals surface area contributed by atoms with Gasteiger partial charge in [-0.25, -0.2) is 8.63 Å². The summed E-state index contributed by atoms with van der Waals surface area (Å²) in [6.07, 6.45) is 1.05. The number of aryl methyl sites for hydroxylation is 1. The number of carbonyl (C=O) groups excluding carboxylic acids is 1. The Hall–Kier alpha value is -1.85. The molecule has 3 nitrogen and oxygen atoms in total. The second-order valence-electron chi connectivity index (χ2n) is 5.06. The van der Waals surface area contributed by atoms with Crippen LogP contribution < -0.4 is 4.74 Å². The number of benzene rings is 1. The number of halogens is 2. The van der Waals surface area contributed by atoms with Crippen molar-refractivity contribution in [3.63, 3.8) is 0 Å². The fourth-order valence-corrected chi connectivity index (χ4v) is 2.12. The van der Waals surface area contributed by atoms with E-state index < -0.39 is 13.3 Å². The molecule has 1 rings (SSSR count). The van der Waals surface area contributed by atoms with Gasteiger partial charge in [-0.05, 0) is 43.0 Å². The Morgan fingerprint density at radius 2 is 1.95 bits per heavy atom. The van der Waals surface area contributed by atoms with Crippen LogP contribution in [0.5, 0.6) is 5.75 Å². The average molecular weight is 296 g/mol. The van der Waals surface area contributed by atoms with Crippen LogP contribution in [-0.4, -0.2) is 20.4 Å². The molecule has 0 N–H and O–H groups in total. The lowest BCUT2D eigenvalue weighted by Gasteiger charge is -2.14. The standard InChI is InChI=1S/C15H19BF2O3/c1-9(2)12-8-13(15(20-5)6-10(12)3)14(19)7-11(4)21-16(17)18/h6-9H,1-5H3/b11-7-. The number of ether oxygens (including phenoxy) is 1. The van der Waals surface area contributed by atoms with Crippen LogP contribution in [0.4, 0.5) is 8.63 Å². The van der Waals surface area contributed by atoms with Gasteiger partial charge in [-0.15, -0.1) is 0 Å². The normalized spacial score (nSPS) is 11.5. The molecule has 0 saturated heterocycles. The van der Waals surface area contributed by atoms with E-state index in [0.717, 1.165) is 17.2 Å². The smallest absolute Gasteiger partial charge is 0.509 e. The fourth-order valence-electron chi connectivity index (χ4n) is 2.12. The molecule has 0 amide bonds. The summed E-state index contributed by atoms with van der Waals surface area (Å²) in [6.45, 7) is 7.29. The van der Waals surface area contributed by atoms with E-state index in [0.29, 0.717) is 11.3 Å².